The van der Waals surface area contributed by atoms with Crippen molar-refractivity contribution in [1.82, 2.24) is 0 Å². The van der Waals surface area contributed by atoms with Crippen LogP contribution in [-0.2, 0) is 0 Å². The standard InChI is InChI=1S/C10H5Cl2.2C6H5.2ClH.Sb/c11-9-6-10(12)8-5-3-1-2-4-7(8)9;2*1-2-4-6-5-3-1;;;/h1-5H;2*1-5H;2*1H;/p-2. The predicted octanol–water partition coefficient (Wildman–Crippen LogP) is 0.0720. The smallest absolute Gasteiger partial charge is 0.0882 e. The molecule has 0 aromatic heterocycles. The van der Waals surface area contributed by atoms with Gasteiger partial charge in [-0.15, -0.1) is 0 Å². The summed E-state index contributed by atoms with van der Waals surface area (Å²) < 4.78 is 0. The summed E-state index contributed by atoms with van der Waals surface area (Å²) >= 11 is 11.8. The Morgan fingerprint density at radius 1 is 0.630 bits per heavy atom. The monoisotopic (exact) mass is 540 g/mol. The molecule has 0 aliphatic heterocycles. The molecule has 0 N–H and O–H groups in total. The van der Waals surface area contributed by atoms with Crippen molar-refractivity contribution >= 4 is 47.6 Å². The first-order chi connectivity index (χ1) is 11.8. The molecule has 0 amide bonds. The number of allylic oxidation sites excluding steroid dienone is 7. The maximum Gasteiger partial charge on any atom is 0.0882 e. The van der Waals surface area contributed by atoms with Crippen LogP contribution in [0.15, 0.2) is 112 Å². The van der Waals surface area contributed by atoms with Crippen molar-refractivity contribution in [2.75, 3.05) is 0 Å². The Bertz CT molecular complexity index is 690. The van der Waals surface area contributed by atoms with Crippen molar-refractivity contribution in [3.63, 3.8) is 0 Å². The molecule has 0 heterocycles. The van der Waals surface area contributed by atoms with Gasteiger partial charge in [-0.1, -0.05) is 120 Å². The van der Waals surface area contributed by atoms with Crippen LogP contribution >= 0.6 is 23.2 Å². The number of fused-ring (bicyclic) bond motifs is 1. The molecule has 27 heavy (non-hydrogen) atoms. The van der Waals surface area contributed by atoms with E-state index in [1.807, 2.05) is 91.0 Å². The zero-order valence-corrected chi connectivity index (χ0v) is 19.7. The Morgan fingerprint density at radius 3 is 1.56 bits per heavy atom. The first-order valence-corrected chi connectivity index (χ1v) is 8.12. The maximum absolute atomic E-state index is 5.90. The fourth-order valence-electron chi connectivity index (χ4n) is 1.84. The van der Waals surface area contributed by atoms with Crippen molar-refractivity contribution < 1.29 is 24.8 Å². The van der Waals surface area contributed by atoms with Crippen LogP contribution in [-0.4, -0.2) is 24.4 Å². The van der Waals surface area contributed by atoms with E-state index in [1.54, 1.807) is 0 Å². The number of halogens is 4. The normalized spacial score (nSPS) is 13.0. The SMILES string of the molecule is ClC1=C=C(Cl)C2=CC=CC=C[C]12.[Cl-].[Cl-].[Sb].[c]1ccccc1.[c]1ccccc1. The molecule has 0 unspecified atom stereocenters. The summed E-state index contributed by atoms with van der Waals surface area (Å²) in [4.78, 5) is 0. The fraction of sp³-hybridized carbons (Fsp3) is 0. The Hall–Kier alpha value is -0.842. The van der Waals surface area contributed by atoms with Gasteiger partial charge in [0.1, 0.15) is 0 Å². The van der Waals surface area contributed by atoms with Gasteiger partial charge >= 0.3 is 0 Å². The molecule has 0 atom stereocenters. The van der Waals surface area contributed by atoms with Crippen LogP contribution in [0.2, 0.25) is 0 Å². The molecule has 2 aliphatic carbocycles. The van der Waals surface area contributed by atoms with Crippen molar-refractivity contribution in [1.29, 1.82) is 0 Å². The van der Waals surface area contributed by atoms with E-state index >= 15 is 0 Å². The van der Waals surface area contributed by atoms with E-state index in [1.165, 1.54) is 0 Å². The summed E-state index contributed by atoms with van der Waals surface area (Å²) in [7, 11) is 0. The Morgan fingerprint density at radius 2 is 1.15 bits per heavy atom. The van der Waals surface area contributed by atoms with E-state index in [9.17, 15) is 0 Å². The summed E-state index contributed by atoms with van der Waals surface area (Å²) in [6, 6.07) is 25.0. The number of hydrogen-bond donors (Lipinski definition) is 0. The molecule has 2 aromatic carbocycles. The van der Waals surface area contributed by atoms with Crippen LogP contribution in [0.1, 0.15) is 0 Å². The van der Waals surface area contributed by atoms with Gasteiger partial charge in [-0.05, 0) is 17.7 Å². The van der Waals surface area contributed by atoms with Crippen LogP contribution in [0.3, 0.4) is 0 Å². The third-order valence-corrected chi connectivity index (χ3v) is 3.54. The van der Waals surface area contributed by atoms with Gasteiger partial charge in [-0.25, -0.2) is 0 Å². The zero-order valence-electron chi connectivity index (χ0n) is 14.1. The van der Waals surface area contributed by atoms with Crippen molar-refractivity contribution in [2.24, 2.45) is 0 Å². The summed E-state index contributed by atoms with van der Waals surface area (Å²) in [6.45, 7) is 0. The van der Waals surface area contributed by atoms with E-state index in [4.69, 9.17) is 23.2 Å². The zero-order chi connectivity index (χ0) is 17.0. The Labute approximate surface area is 201 Å². The molecule has 0 fully saturated rings. The van der Waals surface area contributed by atoms with Crippen LogP contribution in [0, 0.1) is 18.1 Å². The van der Waals surface area contributed by atoms with Crippen LogP contribution in [0.4, 0.5) is 0 Å². The summed E-state index contributed by atoms with van der Waals surface area (Å²) in [5, 5.41) is 1.18. The topological polar surface area (TPSA) is 0 Å². The minimum absolute atomic E-state index is 0. The molecule has 4 rings (SSSR count). The Balaban J connectivity index is 0. The molecule has 0 saturated carbocycles. The van der Waals surface area contributed by atoms with Crippen LogP contribution < -0.4 is 24.8 Å². The second-order valence-electron chi connectivity index (χ2n) is 4.65. The van der Waals surface area contributed by atoms with Gasteiger partial charge in [0.15, 0.2) is 0 Å². The molecule has 138 valence electrons. The fourth-order valence-corrected chi connectivity index (χ4v) is 2.41. The molecule has 6 radical (unpaired) electrons. The van der Waals surface area contributed by atoms with Gasteiger partial charge < -0.3 is 24.8 Å². The molecular weight excluding hydrogens is 528 g/mol. The van der Waals surface area contributed by atoms with Gasteiger partial charge in [0.25, 0.3) is 0 Å². The van der Waals surface area contributed by atoms with E-state index < -0.39 is 0 Å². The van der Waals surface area contributed by atoms with E-state index in [0.29, 0.717) is 10.1 Å². The average Bonchev–Trinajstić information content (AvgIpc) is 2.84. The molecule has 0 saturated heterocycles. The van der Waals surface area contributed by atoms with Gasteiger partial charge in [0.2, 0.25) is 0 Å². The molecular formula is C22H15Cl4Sb-2. The van der Waals surface area contributed by atoms with Gasteiger partial charge in [-0.3, -0.25) is 0 Å². The van der Waals surface area contributed by atoms with Crippen molar-refractivity contribution in [3.05, 3.63) is 130 Å². The largest absolute Gasteiger partial charge is 1.00 e. The minimum atomic E-state index is 0. The van der Waals surface area contributed by atoms with Gasteiger partial charge in [0.05, 0.1) is 16.0 Å². The molecule has 5 heteroatoms. The van der Waals surface area contributed by atoms with E-state index in [2.05, 4.69) is 17.9 Å². The van der Waals surface area contributed by atoms with E-state index in [-0.39, 0.29) is 49.2 Å². The number of benzene rings is 2. The Kier molecular flexibility index (Phi) is 18.1. The molecule has 0 spiro atoms. The average molecular weight is 543 g/mol. The second-order valence-corrected chi connectivity index (χ2v) is 5.40. The quantitative estimate of drug-likeness (QED) is 0.327. The van der Waals surface area contributed by atoms with E-state index in [0.717, 1.165) is 11.5 Å². The summed E-state index contributed by atoms with van der Waals surface area (Å²) in [5.41, 5.74) is 3.81. The predicted molar refractivity (Wildman–Crippen MR) is 108 cm³/mol. The number of rotatable bonds is 0. The third kappa shape index (κ3) is 10.9. The minimum Gasteiger partial charge on any atom is -1.00 e. The molecule has 0 nitrogen and oxygen atoms in total. The first kappa shape index (κ1) is 28.4. The summed E-state index contributed by atoms with van der Waals surface area (Å²) in [6.07, 6.45) is 9.66. The first-order valence-electron chi connectivity index (χ1n) is 7.36. The second kappa shape index (κ2) is 17.3. The number of hydrogen-bond acceptors (Lipinski definition) is 0. The third-order valence-electron chi connectivity index (χ3n) is 2.94. The van der Waals surface area contributed by atoms with Crippen molar-refractivity contribution in [2.45, 2.75) is 0 Å². The van der Waals surface area contributed by atoms with Gasteiger partial charge in [0, 0.05) is 24.4 Å². The van der Waals surface area contributed by atoms with Crippen LogP contribution in [0.25, 0.3) is 0 Å². The molecule has 2 aliphatic rings. The molecule has 2 aromatic rings. The maximum atomic E-state index is 5.90. The summed E-state index contributed by atoms with van der Waals surface area (Å²) in [5.74, 6) is 0.951. The van der Waals surface area contributed by atoms with Gasteiger partial charge in [-0.2, -0.15) is 0 Å². The van der Waals surface area contributed by atoms with Crippen molar-refractivity contribution in [3.8, 4) is 0 Å². The van der Waals surface area contributed by atoms with Crippen LogP contribution in [0.5, 0.6) is 0 Å². The molecule has 0 bridgehead atoms.